The SMILES string of the molecule is O=C(Nc1ccc(F)cc1F)N1CCN(c2cccc(C(F)(F)F)c2)CC1. The average molecular weight is 385 g/mol. The highest BCUT2D eigenvalue weighted by molar-refractivity contribution is 5.89. The number of carbonyl (C=O) groups is 1. The number of alkyl halides is 3. The van der Waals surface area contributed by atoms with E-state index in [1.54, 1.807) is 11.0 Å². The maximum absolute atomic E-state index is 13.6. The summed E-state index contributed by atoms with van der Waals surface area (Å²) in [4.78, 5) is 15.4. The van der Waals surface area contributed by atoms with Crippen LogP contribution in [0.3, 0.4) is 0 Å². The number of nitrogens with zero attached hydrogens (tertiary/aromatic N) is 2. The fraction of sp³-hybridized carbons (Fsp3) is 0.278. The van der Waals surface area contributed by atoms with Crippen LogP contribution in [-0.2, 0) is 6.18 Å². The zero-order chi connectivity index (χ0) is 19.6. The molecule has 1 fully saturated rings. The molecule has 1 aliphatic rings. The second kappa shape index (κ2) is 7.42. The van der Waals surface area contributed by atoms with Crippen LogP contribution in [-0.4, -0.2) is 37.1 Å². The lowest BCUT2D eigenvalue weighted by atomic mass is 10.1. The summed E-state index contributed by atoms with van der Waals surface area (Å²) in [6.45, 7) is 1.18. The molecule has 27 heavy (non-hydrogen) atoms. The van der Waals surface area contributed by atoms with Crippen LogP contribution in [0.25, 0.3) is 0 Å². The number of benzene rings is 2. The molecule has 2 aromatic carbocycles. The topological polar surface area (TPSA) is 35.6 Å². The molecule has 9 heteroatoms. The number of rotatable bonds is 2. The number of urea groups is 1. The van der Waals surface area contributed by atoms with Gasteiger partial charge < -0.3 is 15.1 Å². The highest BCUT2D eigenvalue weighted by Gasteiger charge is 2.31. The summed E-state index contributed by atoms with van der Waals surface area (Å²) in [5.41, 5.74) is -0.442. The van der Waals surface area contributed by atoms with Crippen molar-refractivity contribution < 1.29 is 26.7 Å². The summed E-state index contributed by atoms with van der Waals surface area (Å²) in [7, 11) is 0. The third-order valence-electron chi connectivity index (χ3n) is 4.28. The zero-order valence-corrected chi connectivity index (χ0v) is 14.1. The van der Waals surface area contributed by atoms with Gasteiger partial charge in [0.2, 0.25) is 0 Å². The van der Waals surface area contributed by atoms with E-state index in [1.165, 1.54) is 11.0 Å². The Morgan fingerprint density at radius 2 is 1.67 bits per heavy atom. The van der Waals surface area contributed by atoms with Gasteiger partial charge in [0.15, 0.2) is 0 Å². The van der Waals surface area contributed by atoms with Crippen molar-refractivity contribution in [3.05, 3.63) is 59.7 Å². The molecule has 3 rings (SSSR count). The van der Waals surface area contributed by atoms with Crippen molar-refractivity contribution >= 4 is 17.4 Å². The summed E-state index contributed by atoms with van der Waals surface area (Å²) in [5.74, 6) is -1.63. The van der Waals surface area contributed by atoms with Gasteiger partial charge in [0.1, 0.15) is 11.6 Å². The number of hydrogen-bond donors (Lipinski definition) is 1. The van der Waals surface area contributed by atoms with Gasteiger partial charge in [-0.05, 0) is 30.3 Å². The Labute approximate surface area is 152 Å². The van der Waals surface area contributed by atoms with Crippen molar-refractivity contribution in [2.75, 3.05) is 36.4 Å². The first-order chi connectivity index (χ1) is 12.7. The highest BCUT2D eigenvalue weighted by atomic mass is 19.4. The van der Waals surface area contributed by atoms with Crippen LogP contribution in [0.15, 0.2) is 42.5 Å². The van der Waals surface area contributed by atoms with Crippen molar-refractivity contribution in [1.82, 2.24) is 4.90 Å². The molecule has 0 radical (unpaired) electrons. The van der Waals surface area contributed by atoms with E-state index in [4.69, 9.17) is 0 Å². The Hall–Kier alpha value is -2.84. The maximum Gasteiger partial charge on any atom is 0.416 e. The molecule has 4 nitrogen and oxygen atoms in total. The average Bonchev–Trinajstić information content (AvgIpc) is 2.63. The van der Waals surface area contributed by atoms with Crippen LogP contribution in [0.4, 0.5) is 38.1 Å². The number of amides is 2. The Balaban J connectivity index is 1.61. The number of halogens is 5. The molecular formula is C18H16F5N3O. The summed E-state index contributed by atoms with van der Waals surface area (Å²) in [6.07, 6.45) is -4.42. The Bertz CT molecular complexity index is 832. The van der Waals surface area contributed by atoms with Gasteiger partial charge in [0.05, 0.1) is 11.3 Å². The summed E-state index contributed by atoms with van der Waals surface area (Å²) in [6, 6.07) is 7.28. The van der Waals surface area contributed by atoms with Crippen LogP contribution in [0.5, 0.6) is 0 Å². The molecule has 0 aromatic heterocycles. The number of piperazine rings is 1. The van der Waals surface area contributed by atoms with Gasteiger partial charge in [-0.3, -0.25) is 0 Å². The van der Waals surface area contributed by atoms with Crippen LogP contribution in [0.2, 0.25) is 0 Å². The third kappa shape index (κ3) is 4.47. The predicted molar refractivity (Wildman–Crippen MR) is 90.6 cm³/mol. The van der Waals surface area contributed by atoms with E-state index in [9.17, 15) is 26.7 Å². The summed E-state index contributed by atoms with van der Waals surface area (Å²) in [5, 5.41) is 2.37. The zero-order valence-electron chi connectivity index (χ0n) is 14.1. The molecule has 1 saturated heterocycles. The molecule has 0 atom stereocenters. The van der Waals surface area contributed by atoms with Crippen molar-refractivity contribution in [2.24, 2.45) is 0 Å². The number of carbonyl (C=O) groups excluding carboxylic acids is 1. The Morgan fingerprint density at radius 1 is 0.963 bits per heavy atom. The highest BCUT2D eigenvalue weighted by Crippen LogP contribution is 2.31. The lowest BCUT2D eigenvalue weighted by Gasteiger charge is -2.36. The smallest absolute Gasteiger partial charge is 0.368 e. The largest absolute Gasteiger partial charge is 0.416 e. The number of nitrogens with one attached hydrogen (secondary N) is 1. The molecule has 0 saturated carbocycles. The quantitative estimate of drug-likeness (QED) is 0.781. The molecule has 0 bridgehead atoms. The van der Waals surface area contributed by atoms with E-state index >= 15 is 0 Å². The molecule has 2 aromatic rings. The first kappa shape index (κ1) is 18.9. The van der Waals surface area contributed by atoms with Crippen LogP contribution in [0.1, 0.15) is 5.56 Å². The third-order valence-corrected chi connectivity index (χ3v) is 4.28. The Morgan fingerprint density at radius 3 is 2.30 bits per heavy atom. The second-order valence-electron chi connectivity index (χ2n) is 6.08. The first-order valence-electron chi connectivity index (χ1n) is 8.17. The van der Waals surface area contributed by atoms with Gasteiger partial charge in [0.25, 0.3) is 0 Å². The lowest BCUT2D eigenvalue weighted by Crippen LogP contribution is -2.50. The molecule has 144 valence electrons. The minimum Gasteiger partial charge on any atom is -0.368 e. The van der Waals surface area contributed by atoms with Gasteiger partial charge >= 0.3 is 12.2 Å². The molecule has 0 unspecified atom stereocenters. The van der Waals surface area contributed by atoms with Crippen LogP contribution in [0, 0.1) is 11.6 Å². The normalized spacial score (nSPS) is 15.0. The van der Waals surface area contributed by atoms with E-state index in [-0.39, 0.29) is 18.8 Å². The first-order valence-corrected chi connectivity index (χ1v) is 8.17. The van der Waals surface area contributed by atoms with Gasteiger partial charge in [-0.1, -0.05) is 6.07 Å². The van der Waals surface area contributed by atoms with E-state index in [2.05, 4.69) is 5.32 Å². The Kier molecular flexibility index (Phi) is 5.20. The molecule has 0 aliphatic carbocycles. The molecular weight excluding hydrogens is 369 g/mol. The molecule has 1 heterocycles. The van der Waals surface area contributed by atoms with Crippen molar-refractivity contribution in [2.45, 2.75) is 6.18 Å². The lowest BCUT2D eigenvalue weighted by molar-refractivity contribution is -0.137. The van der Waals surface area contributed by atoms with Crippen molar-refractivity contribution in [3.63, 3.8) is 0 Å². The van der Waals surface area contributed by atoms with Crippen LogP contribution >= 0.6 is 0 Å². The maximum atomic E-state index is 13.6. The van der Waals surface area contributed by atoms with Crippen molar-refractivity contribution in [3.8, 4) is 0 Å². The molecule has 0 spiro atoms. The summed E-state index contributed by atoms with van der Waals surface area (Å²) < 4.78 is 65.0. The molecule has 2 amide bonds. The number of anilines is 2. The molecule has 1 N–H and O–H groups in total. The molecule has 1 aliphatic heterocycles. The van der Waals surface area contributed by atoms with E-state index in [0.29, 0.717) is 24.8 Å². The number of hydrogen-bond acceptors (Lipinski definition) is 2. The minimum absolute atomic E-state index is 0.137. The van der Waals surface area contributed by atoms with E-state index in [1.807, 2.05) is 0 Å². The second-order valence-corrected chi connectivity index (χ2v) is 6.08. The van der Waals surface area contributed by atoms with Crippen LogP contribution < -0.4 is 10.2 Å². The minimum atomic E-state index is -4.42. The van der Waals surface area contributed by atoms with Gasteiger partial charge in [-0.15, -0.1) is 0 Å². The van der Waals surface area contributed by atoms with E-state index < -0.39 is 29.4 Å². The van der Waals surface area contributed by atoms with Gasteiger partial charge in [-0.2, -0.15) is 13.2 Å². The predicted octanol–water partition coefficient (Wildman–Crippen LogP) is 4.34. The van der Waals surface area contributed by atoms with Gasteiger partial charge in [-0.25, -0.2) is 13.6 Å². The van der Waals surface area contributed by atoms with Gasteiger partial charge in [0, 0.05) is 37.9 Å². The van der Waals surface area contributed by atoms with Crippen molar-refractivity contribution in [1.29, 1.82) is 0 Å². The van der Waals surface area contributed by atoms with E-state index in [0.717, 1.165) is 24.3 Å². The fourth-order valence-corrected chi connectivity index (χ4v) is 2.83. The summed E-state index contributed by atoms with van der Waals surface area (Å²) >= 11 is 0. The monoisotopic (exact) mass is 385 g/mol. The fourth-order valence-electron chi connectivity index (χ4n) is 2.83. The standard InChI is InChI=1S/C18H16F5N3O/c19-13-4-5-16(15(20)11-13)24-17(27)26-8-6-25(7-9-26)14-3-1-2-12(10-14)18(21,22)23/h1-5,10-11H,6-9H2,(H,24,27).